The number of imidazole rings is 1. The molecule has 3 nitrogen and oxygen atoms in total. The number of nitrogens with zero attached hydrogens (tertiary/aromatic N) is 1. The molecule has 0 saturated heterocycles. The zero-order valence-corrected chi connectivity index (χ0v) is 7.23. The molecule has 0 aromatic carbocycles. The minimum atomic E-state index is 0.795. The molecule has 3 N–H and O–H groups in total. The second-order valence-electron chi connectivity index (χ2n) is 2.26. The van der Waals surface area contributed by atoms with Crippen LogP contribution in [0.15, 0.2) is 17.6 Å². The van der Waals surface area contributed by atoms with Crippen molar-refractivity contribution in [2.75, 3.05) is 12.3 Å². The molecule has 1 aromatic heterocycles. The lowest BCUT2D eigenvalue weighted by Gasteiger charge is -1.95. The summed E-state index contributed by atoms with van der Waals surface area (Å²) in [5.74, 6) is 1.12. The summed E-state index contributed by atoms with van der Waals surface area (Å²) in [5.41, 5.74) is 5.36. The Bertz CT molecular complexity index is 174. The molecule has 0 spiro atoms. The Morgan fingerprint density at radius 1 is 1.55 bits per heavy atom. The molecular weight excluding hydrogens is 158 g/mol. The SMILES string of the molecule is NCCCCSc1cnc[nH]1. The summed E-state index contributed by atoms with van der Waals surface area (Å²) in [6, 6.07) is 0. The lowest BCUT2D eigenvalue weighted by atomic mass is 10.3. The minimum Gasteiger partial charge on any atom is -0.340 e. The first kappa shape index (κ1) is 8.62. The van der Waals surface area contributed by atoms with Crippen molar-refractivity contribution >= 4 is 11.8 Å². The van der Waals surface area contributed by atoms with Crippen LogP contribution in [0.5, 0.6) is 0 Å². The monoisotopic (exact) mass is 171 g/mol. The Morgan fingerprint density at radius 2 is 2.45 bits per heavy atom. The number of nitrogens with one attached hydrogen (secondary N) is 1. The predicted molar refractivity (Wildman–Crippen MR) is 47.6 cm³/mol. The van der Waals surface area contributed by atoms with Gasteiger partial charge < -0.3 is 10.7 Å². The van der Waals surface area contributed by atoms with Crippen molar-refractivity contribution in [3.63, 3.8) is 0 Å². The van der Waals surface area contributed by atoms with Gasteiger partial charge in [0.15, 0.2) is 0 Å². The van der Waals surface area contributed by atoms with Crippen LogP contribution < -0.4 is 5.73 Å². The van der Waals surface area contributed by atoms with Crippen LogP contribution in [0.3, 0.4) is 0 Å². The van der Waals surface area contributed by atoms with Crippen molar-refractivity contribution in [2.24, 2.45) is 5.73 Å². The zero-order valence-electron chi connectivity index (χ0n) is 6.42. The molecule has 0 saturated carbocycles. The van der Waals surface area contributed by atoms with Gasteiger partial charge in [-0.3, -0.25) is 0 Å². The predicted octanol–water partition coefficient (Wildman–Crippen LogP) is 1.24. The standard InChI is InChI=1S/C7H13N3S/c8-3-1-2-4-11-7-5-9-6-10-7/h5-6H,1-4,8H2,(H,9,10). The molecule has 4 heteroatoms. The first-order valence-corrected chi connectivity index (χ1v) is 4.73. The van der Waals surface area contributed by atoms with Crippen LogP contribution in [0.2, 0.25) is 0 Å². The maximum Gasteiger partial charge on any atom is 0.0928 e. The van der Waals surface area contributed by atoms with E-state index < -0.39 is 0 Å². The molecular formula is C7H13N3S. The van der Waals surface area contributed by atoms with Crippen LogP contribution in [0.25, 0.3) is 0 Å². The summed E-state index contributed by atoms with van der Waals surface area (Å²) in [6.07, 6.45) is 5.83. The van der Waals surface area contributed by atoms with Crippen LogP contribution in [0.1, 0.15) is 12.8 Å². The fraction of sp³-hybridized carbons (Fsp3) is 0.571. The maximum atomic E-state index is 5.36. The first-order chi connectivity index (χ1) is 5.43. The normalized spacial score (nSPS) is 10.3. The molecule has 0 aliphatic carbocycles. The van der Waals surface area contributed by atoms with E-state index in [2.05, 4.69) is 9.97 Å². The largest absolute Gasteiger partial charge is 0.340 e. The molecule has 0 radical (unpaired) electrons. The van der Waals surface area contributed by atoms with Gasteiger partial charge in [0.1, 0.15) is 0 Å². The van der Waals surface area contributed by atoms with Crippen LogP contribution in [0, 0.1) is 0 Å². The molecule has 11 heavy (non-hydrogen) atoms. The lowest BCUT2D eigenvalue weighted by molar-refractivity contribution is 0.814. The Hall–Kier alpha value is -0.480. The fourth-order valence-electron chi connectivity index (χ4n) is 0.751. The number of H-pyrrole nitrogens is 1. The Labute approximate surface area is 70.8 Å². The Morgan fingerprint density at radius 3 is 3.09 bits per heavy atom. The number of aromatic amines is 1. The number of aromatic nitrogens is 2. The number of rotatable bonds is 5. The second kappa shape index (κ2) is 5.21. The molecule has 62 valence electrons. The molecule has 0 amide bonds. The summed E-state index contributed by atoms with van der Waals surface area (Å²) >= 11 is 1.79. The molecule has 0 aliphatic heterocycles. The highest BCUT2D eigenvalue weighted by atomic mass is 32.2. The average molecular weight is 171 g/mol. The number of hydrogen-bond donors (Lipinski definition) is 2. The van der Waals surface area contributed by atoms with Gasteiger partial charge in [0.2, 0.25) is 0 Å². The molecule has 0 atom stereocenters. The lowest BCUT2D eigenvalue weighted by Crippen LogP contribution is -1.98. The van der Waals surface area contributed by atoms with E-state index in [1.54, 1.807) is 18.1 Å². The third-order valence-electron chi connectivity index (χ3n) is 1.33. The number of nitrogens with two attached hydrogens (primary N) is 1. The van der Waals surface area contributed by atoms with Crippen molar-refractivity contribution in [1.82, 2.24) is 9.97 Å². The van der Waals surface area contributed by atoms with Gasteiger partial charge in [-0.2, -0.15) is 0 Å². The van der Waals surface area contributed by atoms with Crippen molar-refractivity contribution in [1.29, 1.82) is 0 Å². The van der Waals surface area contributed by atoms with Gasteiger partial charge >= 0.3 is 0 Å². The number of unbranched alkanes of at least 4 members (excludes halogenated alkanes) is 1. The molecule has 0 fully saturated rings. The van der Waals surface area contributed by atoms with Crippen LogP contribution in [-0.2, 0) is 0 Å². The smallest absolute Gasteiger partial charge is 0.0928 e. The maximum absolute atomic E-state index is 5.36. The van der Waals surface area contributed by atoms with E-state index >= 15 is 0 Å². The van der Waals surface area contributed by atoms with Crippen LogP contribution >= 0.6 is 11.8 Å². The van der Waals surface area contributed by atoms with E-state index in [0.29, 0.717) is 0 Å². The van der Waals surface area contributed by atoms with E-state index in [0.717, 1.165) is 23.7 Å². The fourth-order valence-corrected chi connectivity index (χ4v) is 1.59. The van der Waals surface area contributed by atoms with Crippen LogP contribution in [0.4, 0.5) is 0 Å². The molecule has 1 aromatic rings. The van der Waals surface area contributed by atoms with E-state index in [1.165, 1.54) is 6.42 Å². The highest BCUT2D eigenvalue weighted by molar-refractivity contribution is 7.99. The van der Waals surface area contributed by atoms with Gasteiger partial charge in [0, 0.05) is 0 Å². The van der Waals surface area contributed by atoms with Crippen molar-refractivity contribution in [3.8, 4) is 0 Å². The quantitative estimate of drug-likeness (QED) is 0.517. The van der Waals surface area contributed by atoms with Crippen molar-refractivity contribution < 1.29 is 0 Å². The molecule has 0 bridgehead atoms. The summed E-state index contributed by atoms with van der Waals surface area (Å²) in [4.78, 5) is 6.95. The number of thioether (sulfide) groups is 1. The van der Waals surface area contributed by atoms with E-state index in [4.69, 9.17) is 5.73 Å². The highest BCUT2D eigenvalue weighted by Crippen LogP contribution is 2.14. The van der Waals surface area contributed by atoms with Gasteiger partial charge in [-0.25, -0.2) is 4.98 Å². The summed E-state index contributed by atoms with van der Waals surface area (Å²) in [6.45, 7) is 0.795. The third-order valence-corrected chi connectivity index (χ3v) is 2.36. The Balaban J connectivity index is 2.04. The van der Waals surface area contributed by atoms with Gasteiger partial charge in [0.05, 0.1) is 17.6 Å². The van der Waals surface area contributed by atoms with Crippen molar-refractivity contribution in [2.45, 2.75) is 17.9 Å². The van der Waals surface area contributed by atoms with Gasteiger partial charge in [0.25, 0.3) is 0 Å². The summed E-state index contributed by atoms with van der Waals surface area (Å²) in [5, 5.41) is 1.14. The van der Waals surface area contributed by atoms with Crippen molar-refractivity contribution in [3.05, 3.63) is 12.5 Å². The van der Waals surface area contributed by atoms with Gasteiger partial charge in [-0.1, -0.05) is 0 Å². The highest BCUT2D eigenvalue weighted by Gasteiger charge is 1.92. The van der Waals surface area contributed by atoms with Crippen LogP contribution in [-0.4, -0.2) is 22.3 Å². The molecule has 0 unspecified atom stereocenters. The molecule has 1 rings (SSSR count). The molecule has 1 heterocycles. The Kier molecular flexibility index (Phi) is 4.08. The van der Waals surface area contributed by atoms with E-state index in [-0.39, 0.29) is 0 Å². The minimum absolute atomic E-state index is 0.795. The average Bonchev–Trinajstić information content (AvgIpc) is 2.50. The third kappa shape index (κ3) is 3.43. The number of hydrogen-bond acceptors (Lipinski definition) is 3. The topological polar surface area (TPSA) is 54.7 Å². The van der Waals surface area contributed by atoms with E-state index in [9.17, 15) is 0 Å². The zero-order chi connectivity index (χ0) is 7.94. The van der Waals surface area contributed by atoms with Gasteiger partial charge in [-0.05, 0) is 25.1 Å². The van der Waals surface area contributed by atoms with E-state index in [1.807, 2.05) is 6.20 Å². The molecule has 0 aliphatic rings. The van der Waals surface area contributed by atoms with Gasteiger partial charge in [-0.15, -0.1) is 11.8 Å². The summed E-state index contributed by atoms with van der Waals surface area (Å²) < 4.78 is 0. The second-order valence-corrected chi connectivity index (χ2v) is 3.40. The first-order valence-electron chi connectivity index (χ1n) is 3.74. The summed E-state index contributed by atoms with van der Waals surface area (Å²) in [7, 11) is 0.